The average molecular weight is 276 g/mol. The van der Waals surface area contributed by atoms with Gasteiger partial charge >= 0.3 is 0 Å². The van der Waals surface area contributed by atoms with Gasteiger partial charge in [-0.15, -0.1) is 11.8 Å². The van der Waals surface area contributed by atoms with Crippen molar-refractivity contribution in [3.05, 3.63) is 65.0 Å². The first-order chi connectivity index (χ1) is 9.06. The molecule has 100 valence electrons. The van der Waals surface area contributed by atoms with Crippen LogP contribution in [0, 0.1) is 19.7 Å². The van der Waals surface area contributed by atoms with Crippen molar-refractivity contribution in [2.75, 3.05) is 5.75 Å². The van der Waals surface area contributed by atoms with Crippen LogP contribution >= 0.6 is 11.8 Å². The molecule has 0 aromatic heterocycles. The zero-order valence-electron chi connectivity index (χ0n) is 11.1. The highest BCUT2D eigenvalue weighted by atomic mass is 32.2. The van der Waals surface area contributed by atoms with Crippen LogP contribution in [-0.2, 0) is 0 Å². The largest absolute Gasteiger partial charge is 0.388 e. The van der Waals surface area contributed by atoms with Crippen LogP contribution < -0.4 is 0 Å². The van der Waals surface area contributed by atoms with Crippen LogP contribution in [0.2, 0.25) is 0 Å². The van der Waals surface area contributed by atoms with Gasteiger partial charge in [0.2, 0.25) is 0 Å². The summed E-state index contributed by atoms with van der Waals surface area (Å²) in [4.78, 5) is 1.13. The lowest BCUT2D eigenvalue weighted by atomic mass is 10.1. The van der Waals surface area contributed by atoms with Crippen molar-refractivity contribution < 1.29 is 9.50 Å². The summed E-state index contributed by atoms with van der Waals surface area (Å²) in [6.07, 6.45) is -0.578. The van der Waals surface area contributed by atoms with Gasteiger partial charge in [-0.1, -0.05) is 29.8 Å². The minimum Gasteiger partial charge on any atom is -0.388 e. The van der Waals surface area contributed by atoms with Gasteiger partial charge in [0.05, 0.1) is 6.10 Å². The molecule has 1 nitrogen and oxygen atoms in total. The minimum absolute atomic E-state index is 0.234. The number of aliphatic hydroxyl groups excluding tert-OH is 1. The molecule has 0 saturated heterocycles. The summed E-state index contributed by atoms with van der Waals surface area (Å²) in [7, 11) is 0. The van der Waals surface area contributed by atoms with Gasteiger partial charge in [-0.2, -0.15) is 0 Å². The second-order valence-electron chi connectivity index (χ2n) is 4.65. The van der Waals surface area contributed by atoms with E-state index in [0.717, 1.165) is 10.5 Å². The Hall–Kier alpha value is -1.32. The van der Waals surface area contributed by atoms with Crippen molar-refractivity contribution >= 4 is 11.8 Å². The van der Waals surface area contributed by atoms with E-state index < -0.39 is 6.10 Å². The Balaban J connectivity index is 1.98. The maximum absolute atomic E-state index is 13.2. The number of hydrogen-bond acceptors (Lipinski definition) is 2. The van der Waals surface area contributed by atoms with Gasteiger partial charge in [0.15, 0.2) is 0 Å². The molecule has 0 amide bonds. The van der Waals surface area contributed by atoms with E-state index in [1.54, 1.807) is 30.8 Å². The van der Waals surface area contributed by atoms with Crippen molar-refractivity contribution in [2.45, 2.75) is 24.8 Å². The van der Waals surface area contributed by atoms with Gasteiger partial charge < -0.3 is 5.11 Å². The third kappa shape index (κ3) is 3.82. The summed E-state index contributed by atoms with van der Waals surface area (Å²) < 4.78 is 13.2. The maximum Gasteiger partial charge on any atom is 0.126 e. The van der Waals surface area contributed by atoms with E-state index in [-0.39, 0.29) is 5.82 Å². The quantitative estimate of drug-likeness (QED) is 0.842. The van der Waals surface area contributed by atoms with Crippen LogP contribution in [0.5, 0.6) is 0 Å². The van der Waals surface area contributed by atoms with E-state index in [0.29, 0.717) is 11.3 Å². The SMILES string of the molecule is Cc1ccc(SCC(O)c2ccc(F)c(C)c2)cc1. The van der Waals surface area contributed by atoms with Crippen molar-refractivity contribution in [2.24, 2.45) is 0 Å². The molecular formula is C16H17FOS. The molecular weight excluding hydrogens is 259 g/mol. The maximum atomic E-state index is 13.2. The average Bonchev–Trinajstić information content (AvgIpc) is 2.41. The molecule has 0 aliphatic rings. The fourth-order valence-corrected chi connectivity index (χ4v) is 2.65. The smallest absolute Gasteiger partial charge is 0.126 e. The Morgan fingerprint density at radius 3 is 2.42 bits per heavy atom. The Labute approximate surface area is 117 Å². The lowest BCUT2D eigenvalue weighted by molar-refractivity contribution is 0.204. The Morgan fingerprint density at radius 2 is 1.79 bits per heavy atom. The number of aliphatic hydroxyl groups is 1. The minimum atomic E-state index is -0.578. The highest BCUT2D eigenvalue weighted by molar-refractivity contribution is 7.99. The number of benzene rings is 2. The molecule has 0 saturated carbocycles. The first-order valence-electron chi connectivity index (χ1n) is 6.20. The van der Waals surface area contributed by atoms with E-state index in [2.05, 4.69) is 12.1 Å². The molecule has 0 fully saturated rings. The van der Waals surface area contributed by atoms with E-state index in [4.69, 9.17) is 0 Å². The Bertz CT molecular complexity index is 551. The second-order valence-corrected chi connectivity index (χ2v) is 5.74. The summed E-state index contributed by atoms with van der Waals surface area (Å²) >= 11 is 1.60. The van der Waals surface area contributed by atoms with Crippen molar-refractivity contribution in [1.29, 1.82) is 0 Å². The van der Waals surface area contributed by atoms with Gasteiger partial charge in [0.1, 0.15) is 5.82 Å². The van der Waals surface area contributed by atoms with Gasteiger partial charge in [-0.3, -0.25) is 0 Å². The topological polar surface area (TPSA) is 20.2 Å². The standard InChI is InChI=1S/C16H17FOS/c1-11-3-6-14(7-4-11)19-10-16(18)13-5-8-15(17)12(2)9-13/h3-9,16,18H,10H2,1-2H3. The molecule has 1 atom stereocenters. The van der Waals surface area contributed by atoms with E-state index >= 15 is 0 Å². The monoisotopic (exact) mass is 276 g/mol. The summed E-state index contributed by atoms with van der Waals surface area (Å²) in [6, 6.07) is 12.9. The van der Waals surface area contributed by atoms with E-state index in [1.165, 1.54) is 11.6 Å². The van der Waals surface area contributed by atoms with Crippen molar-refractivity contribution in [3.63, 3.8) is 0 Å². The first kappa shape index (κ1) is 14.1. The second kappa shape index (κ2) is 6.22. The summed E-state index contributed by atoms with van der Waals surface area (Å²) in [5, 5.41) is 10.1. The molecule has 3 heteroatoms. The molecule has 2 aromatic rings. The molecule has 0 aliphatic carbocycles. The van der Waals surface area contributed by atoms with E-state index in [1.807, 2.05) is 19.1 Å². The predicted molar refractivity (Wildman–Crippen MR) is 78.0 cm³/mol. The normalized spacial score (nSPS) is 12.4. The summed E-state index contributed by atoms with van der Waals surface area (Å²) in [5.41, 5.74) is 2.55. The zero-order chi connectivity index (χ0) is 13.8. The highest BCUT2D eigenvalue weighted by Gasteiger charge is 2.09. The lowest BCUT2D eigenvalue weighted by Gasteiger charge is -2.12. The molecule has 2 rings (SSSR count). The summed E-state index contributed by atoms with van der Waals surface area (Å²) in [5.74, 6) is 0.329. The third-order valence-corrected chi connectivity index (χ3v) is 4.08. The van der Waals surface area contributed by atoms with Gasteiger partial charge in [0, 0.05) is 10.6 Å². The van der Waals surface area contributed by atoms with Crippen LogP contribution in [0.4, 0.5) is 4.39 Å². The number of thioether (sulfide) groups is 1. The van der Waals surface area contributed by atoms with E-state index in [9.17, 15) is 9.50 Å². The zero-order valence-corrected chi connectivity index (χ0v) is 11.9. The Morgan fingerprint density at radius 1 is 1.11 bits per heavy atom. The third-order valence-electron chi connectivity index (χ3n) is 3.00. The van der Waals surface area contributed by atoms with Crippen LogP contribution in [-0.4, -0.2) is 10.9 Å². The molecule has 1 unspecified atom stereocenters. The summed E-state index contributed by atoms with van der Waals surface area (Å²) in [6.45, 7) is 3.75. The molecule has 2 aromatic carbocycles. The van der Waals surface area contributed by atoms with Gasteiger partial charge in [-0.25, -0.2) is 4.39 Å². The fourth-order valence-electron chi connectivity index (χ4n) is 1.78. The lowest BCUT2D eigenvalue weighted by Crippen LogP contribution is -2.01. The fraction of sp³-hybridized carbons (Fsp3) is 0.250. The molecule has 0 aliphatic heterocycles. The van der Waals surface area contributed by atoms with Crippen LogP contribution in [0.25, 0.3) is 0 Å². The van der Waals surface area contributed by atoms with Crippen LogP contribution in [0.3, 0.4) is 0 Å². The molecule has 0 bridgehead atoms. The molecule has 0 radical (unpaired) electrons. The molecule has 1 N–H and O–H groups in total. The Kier molecular flexibility index (Phi) is 4.61. The van der Waals surface area contributed by atoms with Crippen LogP contribution in [0.15, 0.2) is 47.4 Å². The molecule has 19 heavy (non-hydrogen) atoms. The number of aryl methyl sites for hydroxylation is 2. The predicted octanol–water partition coefficient (Wildman–Crippen LogP) is 4.27. The highest BCUT2D eigenvalue weighted by Crippen LogP contribution is 2.25. The van der Waals surface area contributed by atoms with Crippen molar-refractivity contribution in [1.82, 2.24) is 0 Å². The number of hydrogen-bond donors (Lipinski definition) is 1. The van der Waals surface area contributed by atoms with Gasteiger partial charge in [0.25, 0.3) is 0 Å². The molecule has 0 spiro atoms. The number of rotatable bonds is 4. The molecule has 0 heterocycles. The van der Waals surface area contributed by atoms with Crippen molar-refractivity contribution in [3.8, 4) is 0 Å². The number of halogens is 1. The van der Waals surface area contributed by atoms with Gasteiger partial charge in [-0.05, 0) is 43.2 Å². The first-order valence-corrected chi connectivity index (χ1v) is 7.18. The van der Waals surface area contributed by atoms with Crippen LogP contribution in [0.1, 0.15) is 22.8 Å².